The van der Waals surface area contributed by atoms with E-state index in [1.165, 1.54) is 6.07 Å². The van der Waals surface area contributed by atoms with Crippen molar-refractivity contribution in [3.8, 4) is 23.4 Å². The summed E-state index contributed by atoms with van der Waals surface area (Å²) in [7, 11) is 0. The van der Waals surface area contributed by atoms with Gasteiger partial charge in [0.25, 0.3) is 0 Å². The molecule has 0 amide bonds. The lowest BCUT2D eigenvalue weighted by molar-refractivity contribution is 0.447. The van der Waals surface area contributed by atoms with Crippen LogP contribution in [0, 0.1) is 23.6 Å². The van der Waals surface area contributed by atoms with E-state index in [2.05, 4.69) is 38.4 Å². The van der Waals surface area contributed by atoms with Gasteiger partial charge in [-0.3, -0.25) is 5.10 Å². The van der Waals surface area contributed by atoms with E-state index in [0.717, 1.165) is 78.4 Å². The first-order valence-corrected chi connectivity index (χ1v) is 10.1. The molecule has 3 heterocycles. The minimum atomic E-state index is -0.240. The Morgan fingerprint density at radius 2 is 2.07 bits per heavy atom. The zero-order valence-corrected chi connectivity index (χ0v) is 16.1. The number of H-pyrrole nitrogens is 2. The van der Waals surface area contributed by atoms with E-state index in [-0.39, 0.29) is 5.82 Å². The molecule has 29 heavy (non-hydrogen) atoms. The van der Waals surface area contributed by atoms with Gasteiger partial charge in [0.1, 0.15) is 11.5 Å². The number of hydrogen-bond acceptors (Lipinski definition) is 3. The molecule has 1 saturated heterocycles. The molecule has 0 radical (unpaired) electrons. The quantitative estimate of drug-likeness (QED) is 0.588. The Hall–Kier alpha value is -3.17. The van der Waals surface area contributed by atoms with Crippen LogP contribution in [-0.2, 0) is 6.42 Å². The Balaban J connectivity index is 1.47. The van der Waals surface area contributed by atoms with Crippen molar-refractivity contribution < 1.29 is 4.39 Å². The summed E-state index contributed by atoms with van der Waals surface area (Å²) in [6.07, 6.45) is 7.83. The van der Waals surface area contributed by atoms with Crippen LogP contribution in [0.15, 0.2) is 36.5 Å². The number of hydrogen-bond donors (Lipinski definition) is 3. The molecule has 0 bridgehead atoms. The number of allylic oxidation sites excluding steroid dienone is 1. The van der Waals surface area contributed by atoms with Crippen molar-refractivity contribution in [2.75, 3.05) is 13.1 Å². The van der Waals surface area contributed by atoms with Crippen LogP contribution in [0.1, 0.15) is 41.8 Å². The zero-order chi connectivity index (χ0) is 19.6. The molecular formula is C23H22FN5. The monoisotopic (exact) mass is 387 g/mol. The maximum Gasteiger partial charge on any atom is 0.157 e. The van der Waals surface area contributed by atoms with Gasteiger partial charge < -0.3 is 10.3 Å². The van der Waals surface area contributed by atoms with Gasteiger partial charge in [0.05, 0.1) is 17.5 Å². The van der Waals surface area contributed by atoms with Crippen molar-refractivity contribution in [3.63, 3.8) is 0 Å². The number of fused-ring (bicyclic) bond motifs is 1. The third-order valence-electron chi connectivity index (χ3n) is 5.54. The van der Waals surface area contributed by atoms with E-state index < -0.39 is 0 Å². The van der Waals surface area contributed by atoms with E-state index in [1.54, 1.807) is 18.3 Å². The fourth-order valence-electron chi connectivity index (χ4n) is 4.01. The van der Waals surface area contributed by atoms with Gasteiger partial charge in [0.15, 0.2) is 5.82 Å². The lowest BCUT2D eigenvalue weighted by atomic mass is 9.94. The SMILES string of the molecule is Fc1cccc(C2=CCCc3[nH]c(-c4[nH]ncc4C#CC4CCNCC4)nc32)c1. The number of aromatic amines is 2. The minimum Gasteiger partial charge on any atom is -0.340 e. The van der Waals surface area contributed by atoms with Crippen LogP contribution in [0.2, 0.25) is 0 Å². The molecule has 1 aliphatic heterocycles. The van der Waals surface area contributed by atoms with Gasteiger partial charge in [0, 0.05) is 17.2 Å². The normalized spacial score (nSPS) is 16.7. The molecule has 1 aliphatic carbocycles. The Morgan fingerprint density at radius 1 is 1.17 bits per heavy atom. The Bertz CT molecular complexity index is 1120. The predicted molar refractivity (Wildman–Crippen MR) is 110 cm³/mol. The average molecular weight is 387 g/mol. The second-order valence-corrected chi connectivity index (χ2v) is 7.53. The number of rotatable bonds is 2. The fourth-order valence-corrected chi connectivity index (χ4v) is 4.01. The molecule has 146 valence electrons. The Kier molecular flexibility index (Phi) is 4.74. The van der Waals surface area contributed by atoms with Gasteiger partial charge in [-0.25, -0.2) is 9.37 Å². The number of halogens is 1. The molecule has 3 aromatic rings. The molecule has 2 aliphatic rings. The van der Waals surface area contributed by atoms with E-state index in [1.807, 2.05) is 6.07 Å². The summed E-state index contributed by atoms with van der Waals surface area (Å²) in [6, 6.07) is 6.67. The summed E-state index contributed by atoms with van der Waals surface area (Å²) in [5.41, 5.74) is 5.41. The standard InChI is InChI=1S/C23H22FN5/c24-18-4-1-3-16(13-18)19-5-2-6-20-22(19)28-23(27-20)21-17(14-26-29-21)8-7-15-9-11-25-12-10-15/h1,3-5,13-15,25H,2,6,9-12H2,(H,26,29)(H,27,28). The molecule has 0 spiro atoms. The van der Waals surface area contributed by atoms with Crippen molar-refractivity contribution in [2.45, 2.75) is 25.7 Å². The molecule has 6 heteroatoms. The molecule has 0 saturated carbocycles. The van der Waals surface area contributed by atoms with Gasteiger partial charge in [-0.2, -0.15) is 5.10 Å². The van der Waals surface area contributed by atoms with Gasteiger partial charge in [-0.15, -0.1) is 0 Å². The summed E-state index contributed by atoms with van der Waals surface area (Å²) >= 11 is 0. The number of aromatic nitrogens is 4. The summed E-state index contributed by atoms with van der Waals surface area (Å²) in [6.45, 7) is 2.05. The Labute approximate surface area is 168 Å². The highest BCUT2D eigenvalue weighted by atomic mass is 19.1. The highest BCUT2D eigenvalue weighted by molar-refractivity contribution is 5.81. The largest absolute Gasteiger partial charge is 0.340 e. The average Bonchev–Trinajstić information content (AvgIpc) is 3.39. The van der Waals surface area contributed by atoms with Crippen LogP contribution in [0.3, 0.4) is 0 Å². The van der Waals surface area contributed by atoms with Crippen LogP contribution < -0.4 is 5.32 Å². The number of aryl methyl sites for hydroxylation is 1. The first-order chi connectivity index (χ1) is 14.3. The van der Waals surface area contributed by atoms with Crippen LogP contribution in [0.25, 0.3) is 17.1 Å². The first-order valence-electron chi connectivity index (χ1n) is 10.1. The van der Waals surface area contributed by atoms with E-state index in [0.29, 0.717) is 5.92 Å². The summed E-state index contributed by atoms with van der Waals surface area (Å²) in [5.74, 6) is 7.60. The smallest absolute Gasteiger partial charge is 0.157 e. The third kappa shape index (κ3) is 3.62. The van der Waals surface area contributed by atoms with Gasteiger partial charge in [0.2, 0.25) is 0 Å². The lowest BCUT2D eigenvalue weighted by Crippen LogP contribution is -2.26. The van der Waals surface area contributed by atoms with Crippen molar-refractivity contribution in [2.24, 2.45) is 5.92 Å². The number of nitrogens with one attached hydrogen (secondary N) is 3. The highest BCUT2D eigenvalue weighted by Crippen LogP contribution is 2.32. The van der Waals surface area contributed by atoms with E-state index in [9.17, 15) is 4.39 Å². The van der Waals surface area contributed by atoms with Gasteiger partial charge >= 0.3 is 0 Å². The van der Waals surface area contributed by atoms with Crippen LogP contribution in [0.4, 0.5) is 4.39 Å². The van der Waals surface area contributed by atoms with Gasteiger partial charge in [-0.05, 0) is 56.5 Å². The van der Waals surface area contributed by atoms with Crippen LogP contribution >= 0.6 is 0 Å². The third-order valence-corrected chi connectivity index (χ3v) is 5.54. The number of nitrogens with zero attached hydrogens (tertiary/aromatic N) is 2. The van der Waals surface area contributed by atoms with Gasteiger partial charge in [-0.1, -0.05) is 30.0 Å². The molecule has 0 unspecified atom stereocenters. The lowest BCUT2D eigenvalue weighted by Gasteiger charge is -2.17. The molecular weight excluding hydrogens is 365 g/mol. The number of benzene rings is 1. The minimum absolute atomic E-state index is 0.240. The van der Waals surface area contributed by atoms with Crippen LogP contribution in [-0.4, -0.2) is 33.3 Å². The van der Waals surface area contributed by atoms with E-state index in [4.69, 9.17) is 4.98 Å². The first kappa shape index (κ1) is 17.9. The topological polar surface area (TPSA) is 69.4 Å². The van der Waals surface area contributed by atoms with E-state index >= 15 is 0 Å². The molecule has 2 aromatic heterocycles. The number of imidazole rings is 1. The van der Waals surface area contributed by atoms with Crippen LogP contribution in [0.5, 0.6) is 0 Å². The maximum absolute atomic E-state index is 13.7. The molecule has 3 N–H and O–H groups in total. The second kappa shape index (κ2) is 7.69. The maximum atomic E-state index is 13.7. The van der Waals surface area contributed by atoms with Crippen molar-refractivity contribution >= 4 is 5.57 Å². The Morgan fingerprint density at radius 3 is 2.93 bits per heavy atom. The zero-order valence-electron chi connectivity index (χ0n) is 16.1. The van der Waals surface area contributed by atoms with Crippen molar-refractivity contribution in [3.05, 3.63) is 64.9 Å². The molecule has 0 atom stereocenters. The summed E-state index contributed by atoms with van der Waals surface area (Å²) < 4.78 is 13.7. The molecule has 5 nitrogen and oxygen atoms in total. The summed E-state index contributed by atoms with van der Waals surface area (Å²) in [5, 5.41) is 10.6. The predicted octanol–water partition coefficient (Wildman–Crippen LogP) is 3.67. The molecule has 1 fully saturated rings. The second-order valence-electron chi connectivity index (χ2n) is 7.53. The molecule has 1 aromatic carbocycles. The fraction of sp³-hybridized carbons (Fsp3) is 0.304. The number of piperidine rings is 1. The summed E-state index contributed by atoms with van der Waals surface area (Å²) in [4.78, 5) is 8.27. The van der Waals surface area contributed by atoms with Crippen molar-refractivity contribution in [1.82, 2.24) is 25.5 Å². The highest BCUT2D eigenvalue weighted by Gasteiger charge is 2.21. The molecule has 5 rings (SSSR count). The van der Waals surface area contributed by atoms with Crippen molar-refractivity contribution in [1.29, 1.82) is 0 Å².